The Bertz CT molecular complexity index is 707. The van der Waals surface area contributed by atoms with E-state index in [2.05, 4.69) is 33.2 Å². The fourth-order valence-electron chi connectivity index (χ4n) is 1.76. The highest BCUT2D eigenvalue weighted by molar-refractivity contribution is 14.1. The molecule has 1 heterocycles. The number of carbonyl (C=O) groups is 2. The van der Waals surface area contributed by atoms with E-state index in [0.717, 1.165) is 3.77 Å². The first-order chi connectivity index (χ1) is 10.6. The molecule has 0 radical (unpaired) electrons. The number of furan rings is 1. The second-order valence-electron chi connectivity index (χ2n) is 4.40. The average Bonchev–Trinajstić information content (AvgIpc) is 2.91. The summed E-state index contributed by atoms with van der Waals surface area (Å²) in [5, 5.41) is 5.42. The fourth-order valence-corrected chi connectivity index (χ4v) is 2.19. The van der Waals surface area contributed by atoms with Gasteiger partial charge in [-0.3, -0.25) is 9.59 Å². The minimum Gasteiger partial charge on any atom is -0.451 e. The molecular formula is C16H15IN2O3. The zero-order valence-corrected chi connectivity index (χ0v) is 14.1. The van der Waals surface area contributed by atoms with E-state index in [0.29, 0.717) is 23.6 Å². The second kappa shape index (κ2) is 7.79. The maximum absolute atomic E-state index is 11.9. The van der Waals surface area contributed by atoms with Crippen LogP contribution in [0.25, 0.3) is 6.08 Å². The van der Waals surface area contributed by atoms with Crippen LogP contribution in [0.15, 0.2) is 46.9 Å². The van der Waals surface area contributed by atoms with Crippen LogP contribution in [0, 0.1) is 3.77 Å². The summed E-state index contributed by atoms with van der Waals surface area (Å²) in [6.45, 7) is 2.41. The molecule has 0 aliphatic carbocycles. The minimum atomic E-state index is -0.292. The Kier molecular flexibility index (Phi) is 5.76. The zero-order chi connectivity index (χ0) is 15.9. The lowest BCUT2D eigenvalue weighted by Crippen LogP contribution is -2.22. The first-order valence-electron chi connectivity index (χ1n) is 6.71. The average molecular weight is 410 g/mol. The van der Waals surface area contributed by atoms with Gasteiger partial charge in [0.05, 0.1) is 0 Å². The third-order valence-electron chi connectivity index (χ3n) is 2.72. The third-order valence-corrected chi connectivity index (χ3v) is 3.30. The summed E-state index contributed by atoms with van der Waals surface area (Å²) >= 11 is 2.05. The summed E-state index contributed by atoms with van der Waals surface area (Å²) < 4.78 is 6.09. The van der Waals surface area contributed by atoms with Gasteiger partial charge in [0.25, 0.3) is 5.91 Å². The van der Waals surface area contributed by atoms with Gasteiger partial charge in [-0.05, 0) is 65.9 Å². The monoisotopic (exact) mass is 410 g/mol. The number of amides is 2. The molecule has 2 amide bonds. The van der Waals surface area contributed by atoms with Crippen LogP contribution < -0.4 is 10.6 Å². The van der Waals surface area contributed by atoms with Crippen LogP contribution in [0.5, 0.6) is 0 Å². The summed E-state index contributed by atoms with van der Waals surface area (Å²) in [5.41, 5.74) is 1.07. The Morgan fingerprint density at radius 2 is 2.09 bits per heavy atom. The number of carbonyl (C=O) groups excluding carboxylic acids is 2. The fraction of sp³-hybridized carbons (Fsp3) is 0.125. The first-order valence-corrected chi connectivity index (χ1v) is 7.79. The van der Waals surface area contributed by atoms with Gasteiger partial charge in [0, 0.05) is 23.9 Å². The molecule has 0 unspecified atom stereocenters. The van der Waals surface area contributed by atoms with Crippen molar-refractivity contribution < 1.29 is 14.0 Å². The maximum Gasteiger partial charge on any atom is 0.251 e. The van der Waals surface area contributed by atoms with Crippen LogP contribution >= 0.6 is 22.6 Å². The van der Waals surface area contributed by atoms with E-state index in [1.807, 2.05) is 13.0 Å². The van der Waals surface area contributed by atoms with E-state index >= 15 is 0 Å². The molecule has 0 fully saturated rings. The van der Waals surface area contributed by atoms with Crippen molar-refractivity contribution in [2.45, 2.75) is 6.92 Å². The Morgan fingerprint density at radius 3 is 2.77 bits per heavy atom. The van der Waals surface area contributed by atoms with Gasteiger partial charge in [0.15, 0.2) is 3.77 Å². The molecule has 2 rings (SSSR count). The minimum absolute atomic E-state index is 0.167. The molecule has 0 saturated heterocycles. The smallest absolute Gasteiger partial charge is 0.251 e. The predicted octanol–water partition coefficient (Wildman–Crippen LogP) is 3.29. The Morgan fingerprint density at radius 1 is 1.27 bits per heavy atom. The second-order valence-corrected chi connectivity index (χ2v) is 5.47. The summed E-state index contributed by atoms with van der Waals surface area (Å²) in [5.74, 6) is 0.148. The van der Waals surface area contributed by atoms with Gasteiger partial charge in [-0.1, -0.05) is 6.07 Å². The highest BCUT2D eigenvalue weighted by atomic mass is 127. The highest BCUT2D eigenvalue weighted by Gasteiger charge is 2.06. The van der Waals surface area contributed by atoms with E-state index in [4.69, 9.17) is 4.42 Å². The molecule has 2 aromatic rings. The van der Waals surface area contributed by atoms with Crippen LogP contribution in [0.3, 0.4) is 0 Å². The molecule has 0 aliphatic heterocycles. The van der Waals surface area contributed by atoms with E-state index in [-0.39, 0.29) is 11.8 Å². The van der Waals surface area contributed by atoms with E-state index < -0.39 is 0 Å². The molecule has 6 heteroatoms. The van der Waals surface area contributed by atoms with Crippen molar-refractivity contribution in [3.05, 3.63) is 57.6 Å². The topological polar surface area (TPSA) is 71.3 Å². The summed E-state index contributed by atoms with van der Waals surface area (Å²) in [4.78, 5) is 23.6. The number of benzene rings is 1. The molecule has 2 N–H and O–H groups in total. The zero-order valence-electron chi connectivity index (χ0n) is 11.9. The van der Waals surface area contributed by atoms with E-state index in [1.165, 1.54) is 6.08 Å². The number of anilines is 1. The predicted molar refractivity (Wildman–Crippen MR) is 93.5 cm³/mol. The first kappa shape index (κ1) is 16.3. The van der Waals surface area contributed by atoms with Crippen LogP contribution in [-0.4, -0.2) is 18.4 Å². The van der Waals surface area contributed by atoms with Crippen LogP contribution in [0.2, 0.25) is 0 Å². The number of rotatable bonds is 5. The number of hydrogen-bond donors (Lipinski definition) is 2. The van der Waals surface area contributed by atoms with Crippen LogP contribution in [0.1, 0.15) is 23.0 Å². The van der Waals surface area contributed by atoms with Crippen molar-refractivity contribution in [1.29, 1.82) is 0 Å². The molecule has 1 aromatic carbocycles. The molecule has 114 valence electrons. The SMILES string of the molecule is CCNC(=O)c1cccc(NC(=O)/C=C/c2ccc(I)o2)c1. The number of nitrogens with one attached hydrogen (secondary N) is 2. The molecular weight excluding hydrogens is 395 g/mol. The van der Waals surface area contributed by atoms with Crippen LogP contribution in [0.4, 0.5) is 5.69 Å². The van der Waals surface area contributed by atoms with Crippen LogP contribution in [-0.2, 0) is 4.79 Å². The molecule has 0 spiro atoms. The molecule has 1 aromatic heterocycles. The molecule has 0 saturated carbocycles. The van der Waals surface area contributed by atoms with Gasteiger partial charge < -0.3 is 15.1 Å². The Hall–Kier alpha value is -2.09. The standard InChI is InChI=1S/C16H15IN2O3/c1-2-18-16(21)11-4-3-5-12(10-11)19-15(20)9-7-13-6-8-14(17)22-13/h3-10H,2H2,1H3,(H,18,21)(H,19,20)/b9-7+. The molecule has 0 bridgehead atoms. The van der Waals surface area contributed by atoms with Gasteiger partial charge in [-0.15, -0.1) is 0 Å². The van der Waals surface area contributed by atoms with Crippen molar-refractivity contribution in [2.24, 2.45) is 0 Å². The van der Waals surface area contributed by atoms with Gasteiger partial charge in [0.1, 0.15) is 5.76 Å². The van der Waals surface area contributed by atoms with Crippen molar-refractivity contribution in [1.82, 2.24) is 5.32 Å². The van der Waals surface area contributed by atoms with Gasteiger partial charge >= 0.3 is 0 Å². The van der Waals surface area contributed by atoms with E-state index in [9.17, 15) is 9.59 Å². The lowest BCUT2D eigenvalue weighted by molar-refractivity contribution is -0.111. The molecule has 0 aliphatic rings. The third kappa shape index (κ3) is 4.73. The molecule has 22 heavy (non-hydrogen) atoms. The van der Waals surface area contributed by atoms with Crippen molar-refractivity contribution in [3.8, 4) is 0 Å². The number of hydrogen-bond acceptors (Lipinski definition) is 3. The quantitative estimate of drug-likeness (QED) is 0.587. The summed E-state index contributed by atoms with van der Waals surface area (Å²) in [6, 6.07) is 10.4. The summed E-state index contributed by atoms with van der Waals surface area (Å²) in [7, 11) is 0. The normalized spacial score (nSPS) is 10.6. The van der Waals surface area contributed by atoms with E-state index in [1.54, 1.807) is 36.4 Å². The molecule has 0 atom stereocenters. The molecule has 5 nitrogen and oxygen atoms in total. The lowest BCUT2D eigenvalue weighted by Gasteiger charge is -2.05. The lowest BCUT2D eigenvalue weighted by atomic mass is 10.2. The maximum atomic E-state index is 11.9. The Balaban J connectivity index is 2.01. The summed E-state index contributed by atoms with van der Waals surface area (Å²) in [6.07, 6.45) is 2.97. The largest absolute Gasteiger partial charge is 0.451 e. The highest BCUT2D eigenvalue weighted by Crippen LogP contribution is 2.13. The van der Waals surface area contributed by atoms with Gasteiger partial charge in [0.2, 0.25) is 5.91 Å². The van der Waals surface area contributed by atoms with Crippen molar-refractivity contribution in [2.75, 3.05) is 11.9 Å². The van der Waals surface area contributed by atoms with Crippen molar-refractivity contribution in [3.63, 3.8) is 0 Å². The number of halogens is 1. The van der Waals surface area contributed by atoms with Crippen molar-refractivity contribution >= 4 is 46.2 Å². The van der Waals surface area contributed by atoms with Gasteiger partial charge in [-0.25, -0.2) is 0 Å². The Labute approximate surface area is 141 Å². The van der Waals surface area contributed by atoms with Gasteiger partial charge in [-0.2, -0.15) is 0 Å².